The number of fused-ring (bicyclic) bond motifs is 3. The number of aromatic amines is 1. The smallest absolute Gasteiger partial charge is 0.234 e. The summed E-state index contributed by atoms with van der Waals surface area (Å²) in [5, 5.41) is 12.6. The van der Waals surface area contributed by atoms with E-state index in [2.05, 4.69) is 24.8 Å². The largest absolute Gasteiger partial charge is 0.352 e. The van der Waals surface area contributed by atoms with Gasteiger partial charge in [-0.1, -0.05) is 0 Å². The van der Waals surface area contributed by atoms with Gasteiger partial charge < -0.3 is 14.9 Å². The maximum absolute atomic E-state index is 11.6. The number of nitriles is 1. The summed E-state index contributed by atoms with van der Waals surface area (Å²) in [4.78, 5) is 23.5. The number of hydrogen-bond donors (Lipinski definition) is 2. The van der Waals surface area contributed by atoms with Gasteiger partial charge in [-0.25, -0.2) is 9.97 Å². The highest BCUT2D eigenvalue weighted by atomic mass is 16.1. The molecule has 1 saturated carbocycles. The highest BCUT2D eigenvalue weighted by molar-refractivity contribution is 6.00. The number of H-pyrrole nitrogens is 1. The molecule has 0 aromatic carbocycles. The molecule has 0 radical (unpaired) electrons. The summed E-state index contributed by atoms with van der Waals surface area (Å²) in [6.07, 6.45) is 8.21. The molecule has 2 unspecified atom stereocenters. The topological polar surface area (TPSA) is 99.4 Å². The molecule has 1 aliphatic carbocycles. The fourth-order valence-electron chi connectivity index (χ4n) is 3.50. The molecule has 7 heteroatoms. The van der Waals surface area contributed by atoms with E-state index in [0.717, 1.165) is 41.3 Å². The fraction of sp³-hybridized carbons (Fsp3) is 0.375. The lowest BCUT2D eigenvalue weighted by Crippen LogP contribution is -2.32. The zero-order valence-corrected chi connectivity index (χ0v) is 12.5. The lowest BCUT2D eigenvalue weighted by molar-refractivity contribution is -0.120. The summed E-state index contributed by atoms with van der Waals surface area (Å²) in [6.45, 7) is 0. The van der Waals surface area contributed by atoms with Gasteiger partial charge in [-0.2, -0.15) is 5.26 Å². The highest BCUT2D eigenvalue weighted by Crippen LogP contribution is 2.34. The molecule has 2 N–H and O–H groups in total. The van der Waals surface area contributed by atoms with Crippen LogP contribution in [0.4, 0.5) is 0 Å². The van der Waals surface area contributed by atoms with Gasteiger partial charge in [-0.3, -0.25) is 4.79 Å². The van der Waals surface area contributed by atoms with E-state index in [1.165, 1.54) is 0 Å². The second-order valence-corrected chi connectivity index (χ2v) is 5.95. The molecule has 116 valence electrons. The number of imidazole rings is 1. The van der Waals surface area contributed by atoms with E-state index >= 15 is 0 Å². The van der Waals surface area contributed by atoms with Gasteiger partial charge >= 0.3 is 0 Å². The lowest BCUT2D eigenvalue weighted by atomic mass is 10.2. The molecule has 1 fully saturated rings. The van der Waals surface area contributed by atoms with E-state index in [1.807, 2.05) is 24.7 Å². The highest BCUT2D eigenvalue weighted by Gasteiger charge is 2.28. The van der Waals surface area contributed by atoms with E-state index in [1.54, 1.807) is 6.20 Å². The zero-order chi connectivity index (χ0) is 15.8. The first-order chi connectivity index (χ1) is 11.3. The molecule has 0 bridgehead atoms. The number of nitrogens with one attached hydrogen (secondary N) is 2. The molecule has 1 amide bonds. The van der Waals surface area contributed by atoms with Gasteiger partial charge in [-0.05, 0) is 25.3 Å². The number of amides is 1. The van der Waals surface area contributed by atoms with Crippen LogP contribution in [-0.2, 0) is 4.79 Å². The van der Waals surface area contributed by atoms with Gasteiger partial charge in [0.15, 0.2) is 0 Å². The van der Waals surface area contributed by atoms with Crippen molar-refractivity contribution in [2.75, 3.05) is 0 Å². The van der Waals surface area contributed by atoms with Crippen molar-refractivity contribution in [3.8, 4) is 6.07 Å². The predicted molar refractivity (Wildman–Crippen MR) is 84.4 cm³/mol. The standard InChI is InChI=1S/C16H16N6O/c17-5-3-14(23)21-10-1-2-11(7-10)22-9-20-13-8-19-16-12(15(13)22)4-6-18-16/h4,6,8-11H,1-3,7H2,(H,18,19)(H,21,23). The summed E-state index contributed by atoms with van der Waals surface area (Å²) in [5.41, 5.74) is 2.83. The summed E-state index contributed by atoms with van der Waals surface area (Å²) in [6, 6.07) is 4.33. The van der Waals surface area contributed by atoms with Gasteiger partial charge in [0.25, 0.3) is 0 Å². The Labute approximate surface area is 132 Å². The van der Waals surface area contributed by atoms with Crippen molar-refractivity contribution in [3.05, 3.63) is 24.8 Å². The molecule has 1 aliphatic rings. The molecule has 0 saturated heterocycles. The molecular weight excluding hydrogens is 292 g/mol. The van der Waals surface area contributed by atoms with Gasteiger partial charge in [0, 0.05) is 23.7 Å². The first-order valence-electron chi connectivity index (χ1n) is 7.71. The molecule has 2 atom stereocenters. The van der Waals surface area contributed by atoms with Crippen molar-refractivity contribution in [1.82, 2.24) is 24.8 Å². The molecule has 7 nitrogen and oxygen atoms in total. The monoisotopic (exact) mass is 308 g/mol. The Balaban J connectivity index is 1.62. The predicted octanol–water partition coefficient (Wildman–Crippen LogP) is 2.04. The second-order valence-electron chi connectivity index (χ2n) is 5.95. The first-order valence-corrected chi connectivity index (χ1v) is 7.71. The molecule has 3 heterocycles. The Kier molecular flexibility index (Phi) is 3.23. The van der Waals surface area contributed by atoms with Gasteiger partial charge in [-0.15, -0.1) is 0 Å². The maximum atomic E-state index is 11.6. The fourth-order valence-corrected chi connectivity index (χ4v) is 3.50. The first kappa shape index (κ1) is 13.8. The average molecular weight is 308 g/mol. The second kappa shape index (κ2) is 5.39. The Morgan fingerprint density at radius 3 is 3.26 bits per heavy atom. The van der Waals surface area contributed by atoms with Crippen LogP contribution in [0.3, 0.4) is 0 Å². The number of carbonyl (C=O) groups excluding carboxylic acids is 1. The molecule has 3 aromatic rings. The van der Waals surface area contributed by atoms with E-state index in [4.69, 9.17) is 5.26 Å². The third kappa shape index (κ3) is 2.32. The molecule has 0 spiro atoms. The van der Waals surface area contributed by atoms with Crippen molar-refractivity contribution in [2.45, 2.75) is 37.8 Å². The molecule has 3 aromatic heterocycles. The van der Waals surface area contributed by atoms with Crippen LogP contribution in [0.25, 0.3) is 22.1 Å². The summed E-state index contributed by atoms with van der Waals surface area (Å²) >= 11 is 0. The van der Waals surface area contributed by atoms with Gasteiger partial charge in [0.2, 0.25) is 5.91 Å². The van der Waals surface area contributed by atoms with E-state index < -0.39 is 0 Å². The molecule has 4 rings (SSSR count). The Morgan fingerprint density at radius 1 is 1.48 bits per heavy atom. The van der Waals surface area contributed by atoms with Crippen LogP contribution in [0.5, 0.6) is 0 Å². The number of hydrogen-bond acceptors (Lipinski definition) is 4. The number of nitrogens with zero attached hydrogens (tertiary/aromatic N) is 4. The molecule has 23 heavy (non-hydrogen) atoms. The van der Waals surface area contributed by atoms with Crippen LogP contribution >= 0.6 is 0 Å². The summed E-state index contributed by atoms with van der Waals surface area (Å²) < 4.78 is 2.20. The van der Waals surface area contributed by atoms with Gasteiger partial charge in [0.05, 0.1) is 24.1 Å². The lowest BCUT2D eigenvalue weighted by Gasteiger charge is -2.15. The van der Waals surface area contributed by atoms with Crippen molar-refractivity contribution in [2.24, 2.45) is 0 Å². The number of rotatable bonds is 3. The van der Waals surface area contributed by atoms with Crippen molar-refractivity contribution in [3.63, 3.8) is 0 Å². The van der Waals surface area contributed by atoms with Crippen LogP contribution in [0.1, 0.15) is 31.7 Å². The van der Waals surface area contributed by atoms with Crippen LogP contribution in [0, 0.1) is 11.3 Å². The number of pyridine rings is 1. The zero-order valence-electron chi connectivity index (χ0n) is 12.5. The van der Waals surface area contributed by atoms with Gasteiger partial charge in [0.1, 0.15) is 17.6 Å². The minimum atomic E-state index is -0.189. The number of aromatic nitrogens is 4. The summed E-state index contributed by atoms with van der Waals surface area (Å²) in [7, 11) is 0. The van der Waals surface area contributed by atoms with Crippen LogP contribution < -0.4 is 5.32 Å². The Morgan fingerprint density at radius 2 is 2.39 bits per heavy atom. The third-order valence-corrected chi connectivity index (χ3v) is 4.52. The van der Waals surface area contributed by atoms with E-state index in [-0.39, 0.29) is 18.4 Å². The Hall–Kier alpha value is -2.88. The minimum Gasteiger partial charge on any atom is -0.352 e. The van der Waals surface area contributed by atoms with Crippen LogP contribution in [0.15, 0.2) is 24.8 Å². The van der Waals surface area contributed by atoms with Crippen molar-refractivity contribution in [1.29, 1.82) is 5.26 Å². The third-order valence-electron chi connectivity index (χ3n) is 4.52. The maximum Gasteiger partial charge on any atom is 0.234 e. The summed E-state index contributed by atoms with van der Waals surface area (Å²) in [5.74, 6) is -0.189. The van der Waals surface area contributed by atoms with Crippen LogP contribution in [-0.4, -0.2) is 31.5 Å². The SMILES string of the molecule is N#CCC(=O)NC1CCC(n2cnc3cnc4[nH]ccc4c32)C1. The van der Waals surface area contributed by atoms with Crippen molar-refractivity contribution < 1.29 is 4.79 Å². The van der Waals surface area contributed by atoms with E-state index in [0.29, 0.717) is 6.04 Å². The average Bonchev–Trinajstić information content (AvgIpc) is 3.24. The van der Waals surface area contributed by atoms with Crippen LogP contribution in [0.2, 0.25) is 0 Å². The normalized spacial score (nSPS) is 20.8. The molecule has 0 aliphatic heterocycles. The van der Waals surface area contributed by atoms with Crippen molar-refractivity contribution >= 4 is 28.0 Å². The quantitative estimate of drug-likeness (QED) is 0.773. The minimum absolute atomic E-state index is 0.0786. The van der Waals surface area contributed by atoms with E-state index in [9.17, 15) is 4.79 Å². The molecular formula is C16H16N6O. The number of carbonyl (C=O) groups is 1. The Bertz CT molecular complexity index is 918.